The first kappa shape index (κ1) is 13.3. The number of hydrogen-bond acceptors (Lipinski definition) is 3. The van der Waals surface area contributed by atoms with Gasteiger partial charge in [-0.05, 0) is 13.8 Å². The van der Waals surface area contributed by atoms with Crippen LogP contribution in [0.4, 0.5) is 0 Å². The fraction of sp³-hybridized carbons (Fsp3) is 0.500. The minimum Gasteiger partial charge on any atom is -0.480 e. The summed E-state index contributed by atoms with van der Waals surface area (Å²) in [5.41, 5.74) is 0.968. The summed E-state index contributed by atoms with van der Waals surface area (Å²) in [4.78, 5) is 12.3. The van der Waals surface area contributed by atoms with Gasteiger partial charge in [0.25, 0.3) is 0 Å². The van der Waals surface area contributed by atoms with Gasteiger partial charge in [0.2, 0.25) is 0 Å². The first-order valence-electron chi connectivity index (χ1n) is 5.43. The zero-order valence-corrected chi connectivity index (χ0v) is 10.1. The number of aliphatic carboxylic acids is 1. The van der Waals surface area contributed by atoms with Crippen molar-refractivity contribution in [2.75, 3.05) is 13.1 Å². The monoisotopic (exact) mass is 235 g/mol. The van der Waals surface area contributed by atoms with Gasteiger partial charge in [0, 0.05) is 24.3 Å². The van der Waals surface area contributed by atoms with E-state index >= 15 is 0 Å². The largest absolute Gasteiger partial charge is 0.480 e. The standard InChI is InChI=1S/C12H17N3O2/c1-4-5-14(9-12(16)17)7-11-6-13-15(8-11)10(2)3/h1,6,8,10H,5,7,9H2,2-3H3,(H,16,17). The van der Waals surface area contributed by atoms with Crippen LogP contribution < -0.4 is 0 Å². The van der Waals surface area contributed by atoms with Gasteiger partial charge in [0.15, 0.2) is 0 Å². The Labute approximate surface area is 101 Å². The van der Waals surface area contributed by atoms with Crippen LogP contribution in [0.25, 0.3) is 0 Å². The van der Waals surface area contributed by atoms with Gasteiger partial charge in [-0.25, -0.2) is 0 Å². The average Bonchev–Trinajstić information content (AvgIpc) is 2.65. The first-order chi connectivity index (χ1) is 8.02. The quantitative estimate of drug-likeness (QED) is 0.747. The van der Waals surface area contributed by atoms with Crippen molar-refractivity contribution < 1.29 is 9.90 Å². The Balaban J connectivity index is 2.65. The summed E-state index contributed by atoms with van der Waals surface area (Å²) in [6, 6.07) is 0.296. The van der Waals surface area contributed by atoms with Crippen molar-refractivity contribution in [3.63, 3.8) is 0 Å². The SMILES string of the molecule is C#CCN(CC(=O)O)Cc1cnn(C(C)C)c1. The minimum atomic E-state index is -0.878. The van der Waals surface area contributed by atoms with Gasteiger partial charge in [-0.3, -0.25) is 14.4 Å². The van der Waals surface area contributed by atoms with E-state index in [4.69, 9.17) is 11.5 Å². The highest BCUT2D eigenvalue weighted by Crippen LogP contribution is 2.07. The Morgan fingerprint density at radius 2 is 2.41 bits per heavy atom. The zero-order chi connectivity index (χ0) is 12.8. The smallest absolute Gasteiger partial charge is 0.317 e. The lowest BCUT2D eigenvalue weighted by atomic mass is 10.3. The van der Waals surface area contributed by atoms with E-state index in [1.54, 1.807) is 11.1 Å². The molecule has 92 valence electrons. The van der Waals surface area contributed by atoms with E-state index in [1.165, 1.54) is 0 Å². The third kappa shape index (κ3) is 4.29. The molecule has 0 saturated heterocycles. The number of carboxylic acid groups (broad SMARTS) is 1. The molecule has 0 saturated carbocycles. The van der Waals surface area contributed by atoms with Crippen molar-refractivity contribution in [2.45, 2.75) is 26.4 Å². The van der Waals surface area contributed by atoms with Gasteiger partial charge in [-0.2, -0.15) is 5.10 Å². The van der Waals surface area contributed by atoms with Crippen LogP contribution in [0.5, 0.6) is 0 Å². The van der Waals surface area contributed by atoms with Crippen molar-refractivity contribution in [3.8, 4) is 12.3 Å². The average molecular weight is 235 g/mol. The van der Waals surface area contributed by atoms with Crippen LogP contribution in [-0.4, -0.2) is 38.8 Å². The molecule has 1 heterocycles. The van der Waals surface area contributed by atoms with E-state index in [0.717, 1.165) is 5.56 Å². The number of carbonyl (C=O) groups is 1. The molecule has 0 aromatic carbocycles. The lowest BCUT2D eigenvalue weighted by molar-refractivity contribution is -0.138. The van der Waals surface area contributed by atoms with Crippen molar-refractivity contribution in [3.05, 3.63) is 18.0 Å². The fourth-order valence-corrected chi connectivity index (χ4v) is 1.49. The summed E-state index contributed by atoms with van der Waals surface area (Å²) >= 11 is 0. The summed E-state index contributed by atoms with van der Waals surface area (Å²) in [5, 5.41) is 12.9. The lowest BCUT2D eigenvalue weighted by Gasteiger charge is -2.15. The molecular weight excluding hydrogens is 218 g/mol. The number of rotatable bonds is 6. The molecule has 1 aromatic heterocycles. The summed E-state index contributed by atoms with van der Waals surface area (Å²) in [7, 11) is 0. The van der Waals surface area contributed by atoms with E-state index in [2.05, 4.69) is 11.0 Å². The van der Waals surface area contributed by atoms with E-state index in [0.29, 0.717) is 19.1 Å². The summed E-state index contributed by atoms with van der Waals surface area (Å²) in [6.07, 6.45) is 8.86. The molecule has 1 aromatic rings. The number of terminal acetylenes is 1. The van der Waals surface area contributed by atoms with Crippen LogP contribution >= 0.6 is 0 Å². The van der Waals surface area contributed by atoms with Gasteiger partial charge in [0.05, 0.1) is 19.3 Å². The molecule has 0 bridgehead atoms. The van der Waals surface area contributed by atoms with Crippen LogP contribution in [0, 0.1) is 12.3 Å². The predicted octanol–water partition coefficient (Wildman–Crippen LogP) is 0.984. The first-order valence-corrected chi connectivity index (χ1v) is 5.43. The molecule has 5 nitrogen and oxygen atoms in total. The molecule has 0 radical (unpaired) electrons. The highest BCUT2D eigenvalue weighted by Gasteiger charge is 2.10. The number of nitrogens with zero attached hydrogens (tertiary/aromatic N) is 3. The zero-order valence-electron chi connectivity index (χ0n) is 10.1. The van der Waals surface area contributed by atoms with Gasteiger partial charge in [-0.15, -0.1) is 6.42 Å². The second-order valence-electron chi connectivity index (χ2n) is 4.17. The van der Waals surface area contributed by atoms with E-state index in [9.17, 15) is 4.79 Å². The fourth-order valence-electron chi connectivity index (χ4n) is 1.49. The van der Waals surface area contributed by atoms with Gasteiger partial charge < -0.3 is 5.11 Å². The molecule has 0 amide bonds. The second kappa shape index (κ2) is 6.06. The van der Waals surface area contributed by atoms with Crippen molar-refractivity contribution in [1.29, 1.82) is 0 Å². The van der Waals surface area contributed by atoms with E-state index < -0.39 is 5.97 Å². The lowest BCUT2D eigenvalue weighted by Crippen LogP contribution is -2.29. The molecule has 0 spiro atoms. The second-order valence-corrected chi connectivity index (χ2v) is 4.17. The van der Waals surface area contributed by atoms with Gasteiger partial charge in [-0.1, -0.05) is 5.92 Å². The normalized spacial score (nSPS) is 10.8. The highest BCUT2D eigenvalue weighted by atomic mass is 16.4. The maximum Gasteiger partial charge on any atom is 0.317 e. The van der Waals surface area contributed by atoms with Crippen LogP contribution in [0.15, 0.2) is 12.4 Å². The highest BCUT2D eigenvalue weighted by molar-refractivity contribution is 5.69. The van der Waals surface area contributed by atoms with Crippen molar-refractivity contribution >= 4 is 5.97 Å². The maximum absolute atomic E-state index is 10.7. The summed E-state index contributed by atoms with van der Waals surface area (Å²) in [5.74, 6) is 1.58. The minimum absolute atomic E-state index is 0.0585. The third-order valence-electron chi connectivity index (χ3n) is 2.26. The van der Waals surface area contributed by atoms with Gasteiger partial charge in [0.1, 0.15) is 0 Å². The molecule has 1 rings (SSSR count). The Kier molecular flexibility index (Phi) is 4.73. The number of aromatic nitrogens is 2. The number of hydrogen-bond donors (Lipinski definition) is 1. The van der Waals surface area contributed by atoms with E-state index in [1.807, 2.05) is 24.7 Å². The Morgan fingerprint density at radius 3 is 2.88 bits per heavy atom. The molecule has 0 aliphatic heterocycles. The molecule has 0 aliphatic carbocycles. The Bertz CT molecular complexity index is 418. The summed E-state index contributed by atoms with van der Waals surface area (Å²) in [6.45, 7) is 4.83. The van der Waals surface area contributed by atoms with Crippen LogP contribution in [0.1, 0.15) is 25.5 Å². The van der Waals surface area contributed by atoms with E-state index in [-0.39, 0.29) is 6.54 Å². The van der Waals surface area contributed by atoms with Crippen LogP contribution in [0.3, 0.4) is 0 Å². The molecule has 17 heavy (non-hydrogen) atoms. The Hall–Kier alpha value is -1.80. The predicted molar refractivity (Wildman–Crippen MR) is 64.4 cm³/mol. The van der Waals surface area contributed by atoms with Crippen LogP contribution in [0.2, 0.25) is 0 Å². The van der Waals surface area contributed by atoms with Gasteiger partial charge >= 0.3 is 5.97 Å². The number of carboxylic acids is 1. The van der Waals surface area contributed by atoms with Crippen molar-refractivity contribution in [2.24, 2.45) is 0 Å². The molecule has 5 heteroatoms. The molecule has 0 atom stereocenters. The molecular formula is C12H17N3O2. The van der Waals surface area contributed by atoms with Crippen LogP contribution in [-0.2, 0) is 11.3 Å². The third-order valence-corrected chi connectivity index (χ3v) is 2.26. The topological polar surface area (TPSA) is 58.4 Å². The maximum atomic E-state index is 10.7. The van der Waals surface area contributed by atoms with Crippen molar-refractivity contribution in [1.82, 2.24) is 14.7 Å². The molecule has 1 N–H and O–H groups in total. The Morgan fingerprint density at radius 1 is 1.71 bits per heavy atom. The summed E-state index contributed by atoms with van der Waals surface area (Å²) < 4.78 is 1.84. The molecule has 0 aliphatic rings. The molecule has 0 unspecified atom stereocenters. The molecule has 0 fully saturated rings.